The topological polar surface area (TPSA) is 61.8 Å². The Balaban J connectivity index is 1.66. The molecule has 2 aromatic rings. The molecule has 0 bridgehead atoms. The number of para-hydroxylation sites is 2. The Morgan fingerprint density at radius 2 is 1.75 bits per heavy atom. The fourth-order valence-electron chi connectivity index (χ4n) is 2.31. The van der Waals surface area contributed by atoms with Crippen LogP contribution in [0, 0.1) is 0 Å². The highest BCUT2D eigenvalue weighted by Crippen LogP contribution is 2.30. The summed E-state index contributed by atoms with van der Waals surface area (Å²) in [5, 5.41) is 2.98. The minimum atomic E-state index is -0.443. The third-order valence-corrected chi connectivity index (χ3v) is 4.78. The fourth-order valence-corrected chi connectivity index (χ4v) is 3.47. The molecule has 122 valence electrons. The van der Waals surface area contributed by atoms with Gasteiger partial charge in [-0.3, -0.25) is 14.5 Å². The lowest BCUT2D eigenvalue weighted by Gasteiger charge is -2.09. The minimum Gasteiger partial charge on any atom is -0.326 e. The van der Waals surface area contributed by atoms with E-state index in [1.54, 1.807) is 7.05 Å². The van der Waals surface area contributed by atoms with Crippen molar-refractivity contribution >= 4 is 40.1 Å². The summed E-state index contributed by atoms with van der Waals surface area (Å²) in [6.07, 6.45) is 0.122. The smallest absolute Gasteiger partial charge is 0.242 e. The molecular weight excluding hydrogens is 322 g/mol. The summed E-state index contributed by atoms with van der Waals surface area (Å²) in [5.41, 5.74) is 1.51. The van der Waals surface area contributed by atoms with Crippen LogP contribution in [0.3, 0.4) is 0 Å². The molecule has 0 radical (unpaired) electrons. The molecule has 5 nitrogen and oxygen atoms in total. The number of carbonyl (C=O) groups excluding carboxylic acids is 2. The molecule has 1 saturated heterocycles. The zero-order valence-corrected chi connectivity index (χ0v) is 14.0. The first kappa shape index (κ1) is 16.3. The Hall–Kier alpha value is -2.60. The highest BCUT2D eigenvalue weighted by molar-refractivity contribution is 8.15. The van der Waals surface area contributed by atoms with Gasteiger partial charge in [-0.1, -0.05) is 48.2 Å². The van der Waals surface area contributed by atoms with E-state index in [0.29, 0.717) is 5.17 Å². The Labute approximate surface area is 144 Å². The molecule has 1 fully saturated rings. The number of amides is 2. The second-order valence-electron chi connectivity index (χ2n) is 5.35. The molecule has 0 spiro atoms. The number of benzene rings is 2. The second-order valence-corrected chi connectivity index (χ2v) is 6.52. The number of carbonyl (C=O) groups is 2. The Bertz CT molecular complexity index is 762. The summed E-state index contributed by atoms with van der Waals surface area (Å²) < 4.78 is 0. The van der Waals surface area contributed by atoms with Gasteiger partial charge < -0.3 is 5.32 Å². The van der Waals surface area contributed by atoms with Crippen molar-refractivity contribution in [3.8, 4) is 0 Å². The molecule has 6 heteroatoms. The third kappa shape index (κ3) is 3.83. The molecule has 1 aliphatic rings. The van der Waals surface area contributed by atoms with E-state index in [0.717, 1.165) is 11.4 Å². The summed E-state index contributed by atoms with van der Waals surface area (Å²) in [6, 6.07) is 18.7. The lowest BCUT2D eigenvalue weighted by molar-refractivity contribution is -0.127. The zero-order valence-electron chi connectivity index (χ0n) is 13.2. The molecule has 0 aromatic heterocycles. The van der Waals surface area contributed by atoms with E-state index in [1.807, 2.05) is 60.7 Å². The zero-order chi connectivity index (χ0) is 16.9. The van der Waals surface area contributed by atoms with Gasteiger partial charge in [-0.05, 0) is 24.3 Å². The van der Waals surface area contributed by atoms with Crippen molar-refractivity contribution in [2.24, 2.45) is 4.99 Å². The first-order valence-corrected chi connectivity index (χ1v) is 8.44. The molecule has 2 amide bonds. The molecular formula is C18H17N3O2S. The highest BCUT2D eigenvalue weighted by Gasteiger charge is 2.36. The predicted molar refractivity (Wildman–Crippen MR) is 97.4 cm³/mol. The lowest BCUT2D eigenvalue weighted by Crippen LogP contribution is -2.30. The summed E-state index contributed by atoms with van der Waals surface area (Å²) in [6.45, 7) is 0. The van der Waals surface area contributed by atoms with Gasteiger partial charge in [0.1, 0.15) is 5.25 Å². The van der Waals surface area contributed by atoms with Gasteiger partial charge in [0.25, 0.3) is 0 Å². The van der Waals surface area contributed by atoms with Gasteiger partial charge in [0.2, 0.25) is 11.8 Å². The predicted octanol–water partition coefficient (Wildman–Crippen LogP) is 3.28. The van der Waals surface area contributed by atoms with Crippen LogP contribution in [-0.4, -0.2) is 34.2 Å². The molecule has 24 heavy (non-hydrogen) atoms. The third-order valence-electron chi connectivity index (χ3n) is 3.55. The van der Waals surface area contributed by atoms with E-state index >= 15 is 0 Å². The summed E-state index contributed by atoms with van der Waals surface area (Å²) in [4.78, 5) is 30.5. The average Bonchev–Trinajstić information content (AvgIpc) is 2.85. The standard InChI is InChI=1S/C18H17N3O2S/c1-21-17(23)15(12-16(22)19-13-8-4-2-5-9-13)24-18(21)20-14-10-6-3-7-11-14/h2-11,15H,12H2,1H3,(H,19,22). The van der Waals surface area contributed by atoms with Gasteiger partial charge in [-0.2, -0.15) is 0 Å². The van der Waals surface area contributed by atoms with Gasteiger partial charge in [0.15, 0.2) is 5.17 Å². The number of hydrogen-bond donors (Lipinski definition) is 1. The quantitative estimate of drug-likeness (QED) is 0.930. The number of nitrogens with one attached hydrogen (secondary N) is 1. The molecule has 2 aromatic carbocycles. The van der Waals surface area contributed by atoms with Crippen molar-refractivity contribution in [3.63, 3.8) is 0 Å². The number of hydrogen-bond acceptors (Lipinski definition) is 4. The minimum absolute atomic E-state index is 0.0992. The van der Waals surface area contributed by atoms with Crippen LogP contribution in [0.1, 0.15) is 6.42 Å². The largest absolute Gasteiger partial charge is 0.326 e. The van der Waals surface area contributed by atoms with Crippen LogP contribution in [0.4, 0.5) is 11.4 Å². The maximum Gasteiger partial charge on any atom is 0.242 e. The number of thioether (sulfide) groups is 1. The van der Waals surface area contributed by atoms with Crippen molar-refractivity contribution < 1.29 is 9.59 Å². The van der Waals surface area contributed by atoms with E-state index in [9.17, 15) is 9.59 Å². The van der Waals surface area contributed by atoms with Crippen LogP contribution in [-0.2, 0) is 9.59 Å². The molecule has 1 aliphatic heterocycles. The van der Waals surface area contributed by atoms with Gasteiger partial charge in [-0.15, -0.1) is 0 Å². The first-order valence-electron chi connectivity index (χ1n) is 7.56. The van der Waals surface area contributed by atoms with Crippen molar-refractivity contribution in [2.45, 2.75) is 11.7 Å². The van der Waals surface area contributed by atoms with E-state index in [2.05, 4.69) is 10.3 Å². The van der Waals surface area contributed by atoms with E-state index in [-0.39, 0.29) is 18.2 Å². The Morgan fingerprint density at radius 1 is 1.12 bits per heavy atom. The van der Waals surface area contributed by atoms with Crippen LogP contribution < -0.4 is 5.32 Å². The molecule has 1 N–H and O–H groups in total. The molecule has 0 saturated carbocycles. The van der Waals surface area contributed by atoms with Gasteiger partial charge >= 0.3 is 0 Å². The Kier molecular flexibility index (Phi) is 4.96. The van der Waals surface area contributed by atoms with E-state index in [4.69, 9.17) is 0 Å². The molecule has 1 unspecified atom stereocenters. The fraction of sp³-hybridized carbons (Fsp3) is 0.167. The summed E-state index contributed by atoms with van der Waals surface area (Å²) >= 11 is 1.33. The Morgan fingerprint density at radius 3 is 2.42 bits per heavy atom. The average molecular weight is 339 g/mol. The van der Waals surface area contributed by atoms with Crippen molar-refractivity contribution in [3.05, 3.63) is 60.7 Å². The summed E-state index contributed by atoms with van der Waals surface area (Å²) in [7, 11) is 1.69. The number of nitrogens with zero attached hydrogens (tertiary/aromatic N) is 2. The van der Waals surface area contributed by atoms with Gasteiger partial charge in [0.05, 0.1) is 5.69 Å². The number of anilines is 1. The van der Waals surface area contributed by atoms with Crippen molar-refractivity contribution in [1.29, 1.82) is 0 Å². The maximum absolute atomic E-state index is 12.3. The molecule has 0 aliphatic carbocycles. The van der Waals surface area contributed by atoms with Gasteiger partial charge in [0, 0.05) is 19.2 Å². The van der Waals surface area contributed by atoms with E-state index in [1.165, 1.54) is 16.7 Å². The van der Waals surface area contributed by atoms with Gasteiger partial charge in [-0.25, -0.2) is 4.99 Å². The number of amidine groups is 1. The van der Waals surface area contributed by atoms with Crippen LogP contribution in [0.25, 0.3) is 0 Å². The first-order chi connectivity index (χ1) is 11.6. The number of rotatable bonds is 4. The SMILES string of the molecule is CN1C(=O)C(CC(=O)Nc2ccccc2)SC1=Nc1ccccc1. The van der Waals surface area contributed by atoms with Crippen LogP contribution in [0.5, 0.6) is 0 Å². The van der Waals surface area contributed by atoms with Crippen LogP contribution >= 0.6 is 11.8 Å². The molecule has 1 atom stereocenters. The maximum atomic E-state index is 12.3. The van der Waals surface area contributed by atoms with Crippen molar-refractivity contribution in [2.75, 3.05) is 12.4 Å². The monoisotopic (exact) mass is 339 g/mol. The highest BCUT2D eigenvalue weighted by atomic mass is 32.2. The van der Waals surface area contributed by atoms with Crippen LogP contribution in [0.2, 0.25) is 0 Å². The van der Waals surface area contributed by atoms with Crippen LogP contribution in [0.15, 0.2) is 65.7 Å². The van der Waals surface area contributed by atoms with Crippen molar-refractivity contribution in [1.82, 2.24) is 4.90 Å². The number of aliphatic imine (C=N–C) groups is 1. The normalized spacial score (nSPS) is 18.9. The molecule has 3 rings (SSSR count). The molecule has 1 heterocycles. The lowest BCUT2D eigenvalue weighted by atomic mass is 10.2. The summed E-state index contributed by atoms with van der Waals surface area (Å²) in [5.74, 6) is -0.278. The second kappa shape index (κ2) is 7.31. The van der Waals surface area contributed by atoms with E-state index < -0.39 is 5.25 Å².